The SMILES string of the molecule is O=C1NC(=O)C(C(O)c2ccc3c(c2)Cc2ccccc2-3)N1. The van der Waals surface area contributed by atoms with E-state index in [4.69, 9.17) is 0 Å². The van der Waals surface area contributed by atoms with Crippen molar-refractivity contribution in [2.75, 3.05) is 0 Å². The second-order valence-corrected chi connectivity index (χ2v) is 5.64. The third kappa shape index (κ3) is 1.90. The van der Waals surface area contributed by atoms with E-state index < -0.39 is 24.1 Å². The number of hydrogen-bond acceptors (Lipinski definition) is 3. The van der Waals surface area contributed by atoms with E-state index in [1.165, 1.54) is 11.1 Å². The van der Waals surface area contributed by atoms with E-state index in [0.717, 1.165) is 17.5 Å². The van der Waals surface area contributed by atoms with Crippen LogP contribution in [0, 0.1) is 0 Å². The molecule has 4 rings (SSSR count). The molecule has 3 amide bonds. The summed E-state index contributed by atoms with van der Waals surface area (Å²) in [7, 11) is 0. The predicted octanol–water partition coefficient (Wildman–Crippen LogP) is 1.50. The van der Waals surface area contributed by atoms with Gasteiger partial charge in [0, 0.05) is 0 Å². The number of hydrogen-bond donors (Lipinski definition) is 3. The molecule has 1 aliphatic heterocycles. The van der Waals surface area contributed by atoms with Gasteiger partial charge in [0.05, 0.1) is 0 Å². The van der Waals surface area contributed by atoms with E-state index in [-0.39, 0.29) is 0 Å². The van der Waals surface area contributed by atoms with Crippen LogP contribution in [0.4, 0.5) is 4.79 Å². The molecule has 2 unspecified atom stereocenters. The first-order chi connectivity index (χ1) is 10.6. The van der Waals surface area contributed by atoms with Gasteiger partial charge in [-0.2, -0.15) is 0 Å². The Morgan fingerprint density at radius 2 is 1.82 bits per heavy atom. The molecule has 2 aromatic rings. The number of carbonyl (C=O) groups excluding carboxylic acids is 2. The first-order valence-electron chi connectivity index (χ1n) is 7.14. The van der Waals surface area contributed by atoms with Crippen LogP contribution >= 0.6 is 0 Å². The van der Waals surface area contributed by atoms with Gasteiger partial charge in [0.15, 0.2) is 0 Å². The van der Waals surface area contributed by atoms with Crippen LogP contribution in [0.1, 0.15) is 22.8 Å². The molecule has 0 radical (unpaired) electrons. The number of urea groups is 1. The normalized spacial score (nSPS) is 20.1. The molecule has 2 atom stereocenters. The molecular formula is C17H14N2O3. The van der Waals surface area contributed by atoms with Crippen LogP contribution in [0.3, 0.4) is 0 Å². The smallest absolute Gasteiger partial charge is 0.322 e. The fourth-order valence-electron chi connectivity index (χ4n) is 3.20. The average molecular weight is 294 g/mol. The van der Waals surface area contributed by atoms with Crippen molar-refractivity contribution in [1.82, 2.24) is 10.6 Å². The van der Waals surface area contributed by atoms with Crippen molar-refractivity contribution in [3.05, 3.63) is 59.2 Å². The number of aliphatic hydroxyl groups is 1. The highest BCUT2D eigenvalue weighted by molar-refractivity contribution is 6.04. The molecule has 5 nitrogen and oxygen atoms in total. The summed E-state index contributed by atoms with van der Waals surface area (Å²) >= 11 is 0. The summed E-state index contributed by atoms with van der Waals surface area (Å²) in [6, 6.07) is 12.4. The van der Waals surface area contributed by atoms with Gasteiger partial charge in [-0.25, -0.2) is 4.79 Å². The van der Waals surface area contributed by atoms with Crippen molar-refractivity contribution in [2.24, 2.45) is 0 Å². The van der Waals surface area contributed by atoms with Crippen LogP contribution < -0.4 is 10.6 Å². The number of rotatable bonds is 2. The standard InChI is InChI=1S/C17H14N2O3/c20-15(14-16(21)19-17(22)18-14)10-5-6-13-11(8-10)7-9-3-1-2-4-12(9)13/h1-6,8,14-15,20H,7H2,(H2,18,19,21,22). The van der Waals surface area contributed by atoms with Crippen LogP contribution in [0.15, 0.2) is 42.5 Å². The van der Waals surface area contributed by atoms with E-state index in [1.54, 1.807) is 0 Å². The van der Waals surface area contributed by atoms with Gasteiger partial charge in [-0.15, -0.1) is 0 Å². The highest BCUT2D eigenvalue weighted by Crippen LogP contribution is 2.37. The Bertz CT molecular complexity index is 800. The van der Waals surface area contributed by atoms with E-state index >= 15 is 0 Å². The fraction of sp³-hybridized carbons (Fsp3) is 0.176. The lowest BCUT2D eigenvalue weighted by Crippen LogP contribution is -2.35. The molecule has 0 bridgehead atoms. The molecular weight excluding hydrogens is 280 g/mol. The van der Waals surface area contributed by atoms with E-state index in [0.29, 0.717) is 5.56 Å². The second kappa shape index (κ2) is 4.68. The first-order valence-corrected chi connectivity index (χ1v) is 7.14. The molecule has 0 aromatic heterocycles. The third-order valence-corrected chi connectivity index (χ3v) is 4.28. The van der Waals surface area contributed by atoms with Gasteiger partial charge >= 0.3 is 6.03 Å². The molecule has 1 saturated heterocycles. The minimum Gasteiger partial charge on any atom is -0.386 e. The third-order valence-electron chi connectivity index (χ3n) is 4.28. The topological polar surface area (TPSA) is 78.4 Å². The lowest BCUT2D eigenvalue weighted by Gasteiger charge is -2.17. The van der Waals surface area contributed by atoms with Gasteiger partial charge in [-0.3, -0.25) is 10.1 Å². The molecule has 110 valence electrons. The summed E-state index contributed by atoms with van der Waals surface area (Å²) < 4.78 is 0. The number of imide groups is 1. The van der Waals surface area contributed by atoms with Crippen LogP contribution in [0.2, 0.25) is 0 Å². The van der Waals surface area contributed by atoms with Gasteiger partial charge in [-0.1, -0.05) is 42.5 Å². The van der Waals surface area contributed by atoms with Crippen molar-refractivity contribution < 1.29 is 14.7 Å². The molecule has 5 heteroatoms. The molecule has 2 aromatic carbocycles. The van der Waals surface area contributed by atoms with Crippen LogP contribution in [0.5, 0.6) is 0 Å². The van der Waals surface area contributed by atoms with E-state index in [1.807, 2.05) is 30.3 Å². The quantitative estimate of drug-likeness (QED) is 0.627. The van der Waals surface area contributed by atoms with Crippen LogP contribution in [0.25, 0.3) is 11.1 Å². The monoisotopic (exact) mass is 294 g/mol. The van der Waals surface area contributed by atoms with Gasteiger partial charge in [0.1, 0.15) is 12.1 Å². The van der Waals surface area contributed by atoms with E-state index in [2.05, 4.69) is 22.8 Å². The van der Waals surface area contributed by atoms with Crippen molar-refractivity contribution in [1.29, 1.82) is 0 Å². The van der Waals surface area contributed by atoms with Crippen LogP contribution in [-0.4, -0.2) is 23.1 Å². The summed E-state index contributed by atoms with van der Waals surface area (Å²) in [5.74, 6) is -0.499. The number of benzene rings is 2. The zero-order valence-corrected chi connectivity index (χ0v) is 11.7. The zero-order valence-electron chi connectivity index (χ0n) is 11.7. The molecule has 3 N–H and O–H groups in total. The minimum absolute atomic E-state index is 0.499. The number of carbonyl (C=O) groups is 2. The van der Waals surface area contributed by atoms with Gasteiger partial charge in [0.25, 0.3) is 5.91 Å². The maximum absolute atomic E-state index is 11.7. The Kier molecular flexibility index (Phi) is 2.77. The Balaban J connectivity index is 1.67. The maximum atomic E-state index is 11.7. The second-order valence-electron chi connectivity index (χ2n) is 5.64. The van der Waals surface area contributed by atoms with Crippen molar-refractivity contribution in [2.45, 2.75) is 18.6 Å². The Hall–Kier alpha value is -2.66. The van der Waals surface area contributed by atoms with Gasteiger partial charge in [-0.05, 0) is 34.2 Å². The first kappa shape index (κ1) is 13.0. The molecule has 1 fully saturated rings. The van der Waals surface area contributed by atoms with Gasteiger partial charge < -0.3 is 10.4 Å². The summed E-state index contributed by atoms with van der Waals surface area (Å²) in [5.41, 5.74) is 5.39. The molecule has 22 heavy (non-hydrogen) atoms. The zero-order chi connectivity index (χ0) is 15.3. The summed E-state index contributed by atoms with van der Waals surface area (Å²) in [6.45, 7) is 0. The Morgan fingerprint density at radius 3 is 2.59 bits per heavy atom. The number of amides is 3. The predicted molar refractivity (Wildman–Crippen MR) is 80.1 cm³/mol. The maximum Gasteiger partial charge on any atom is 0.322 e. The summed E-state index contributed by atoms with van der Waals surface area (Å²) in [4.78, 5) is 22.8. The fourth-order valence-corrected chi connectivity index (χ4v) is 3.20. The van der Waals surface area contributed by atoms with Gasteiger partial charge in [0.2, 0.25) is 0 Å². The number of fused-ring (bicyclic) bond motifs is 3. The van der Waals surface area contributed by atoms with Crippen molar-refractivity contribution in [3.63, 3.8) is 0 Å². The lowest BCUT2D eigenvalue weighted by atomic mass is 9.97. The number of aliphatic hydroxyl groups excluding tert-OH is 1. The lowest BCUT2D eigenvalue weighted by molar-refractivity contribution is -0.122. The van der Waals surface area contributed by atoms with E-state index in [9.17, 15) is 14.7 Å². The summed E-state index contributed by atoms with van der Waals surface area (Å²) in [6.07, 6.45) is -0.240. The van der Waals surface area contributed by atoms with Crippen molar-refractivity contribution >= 4 is 11.9 Å². The Morgan fingerprint density at radius 1 is 1.05 bits per heavy atom. The highest BCUT2D eigenvalue weighted by atomic mass is 16.3. The summed E-state index contributed by atoms with van der Waals surface area (Å²) in [5, 5.41) is 15.0. The highest BCUT2D eigenvalue weighted by Gasteiger charge is 2.36. The molecule has 1 aliphatic carbocycles. The minimum atomic E-state index is -1.06. The molecule has 1 heterocycles. The molecule has 0 saturated carbocycles. The molecule has 0 spiro atoms. The Labute approximate surface area is 127 Å². The molecule has 2 aliphatic rings. The van der Waals surface area contributed by atoms with Crippen molar-refractivity contribution in [3.8, 4) is 11.1 Å². The van der Waals surface area contributed by atoms with Crippen LogP contribution in [-0.2, 0) is 11.2 Å². The largest absolute Gasteiger partial charge is 0.386 e. The average Bonchev–Trinajstić information content (AvgIpc) is 3.05. The number of nitrogens with one attached hydrogen (secondary N) is 2.